The minimum Gasteiger partial charge on any atom is -0.231 e. The molecule has 0 aliphatic heterocycles. The Morgan fingerprint density at radius 3 is 2.44 bits per heavy atom. The molecule has 0 aliphatic rings. The molecule has 0 saturated carbocycles. The van der Waals surface area contributed by atoms with E-state index in [0.29, 0.717) is 9.90 Å². The van der Waals surface area contributed by atoms with Crippen LogP contribution >= 0.6 is 34.5 Å². The van der Waals surface area contributed by atoms with Crippen LogP contribution in [0.1, 0.15) is 12.1 Å². The number of thiophene rings is 1. The number of sulfonamides is 1. The molecule has 2 heterocycles. The number of hydrogen-bond acceptors (Lipinski definition) is 4. The lowest BCUT2D eigenvalue weighted by Gasteiger charge is -2.11. The fraction of sp³-hybridized carbons (Fsp3) is 0.0714. The van der Waals surface area contributed by atoms with Crippen LogP contribution in [0, 0.1) is 0 Å². The van der Waals surface area contributed by atoms with Gasteiger partial charge in [0.05, 0.1) is 15.7 Å². The van der Waals surface area contributed by atoms with Gasteiger partial charge in [-0.1, -0.05) is 35.3 Å². The molecule has 0 aliphatic carbocycles. The quantitative estimate of drug-likeness (QED) is 0.670. The van der Waals surface area contributed by atoms with Gasteiger partial charge in [0.1, 0.15) is 14.9 Å². The SMILES string of the molecule is NS(=O)(=O)c1ccccc1-n1nc(C(F)F)cc1-c1cc(Cl)sc1Cl. The van der Waals surface area contributed by atoms with E-state index in [4.69, 9.17) is 28.3 Å². The number of halogens is 4. The summed E-state index contributed by atoms with van der Waals surface area (Å²) < 4.78 is 51.7. The molecule has 0 saturated heterocycles. The fourth-order valence-electron chi connectivity index (χ4n) is 2.27. The maximum Gasteiger partial charge on any atom is 0.282 e. The van der Waals surface area contributed by atoms with E-state index in [2.05, 4.69) is 5.10 Å². The topological polar surface area (TPSA) is 78.0 Å². The number of benzene rings is 1. The number of primary sulfonamides is 1. The number of nitrogens with two attached hydrogens (primary N) is 1. The highest BCUT2D eigenvalue weighted by Gasteiger charge is 2.24. The van der Waals surface area contributed by atoms with Crippen LogP contribution in [-0.2, 0) is 10.0 Å². The van der Waals surface area contributed by atoms with Crippen molar-refractivity contribution in [2.24, 2.45) is 5.14 Å². The summed E-state index contributed by atoms with van der Waals surface area (Å²) >= 11 is 13.1. The van der Waals surface area contributed by atoms with Gasteiger partial charge in [0.2, 0.25) is 10.0 Å². The molecule has 3 aromatic rings. The molecule has 1 aromatic carbocycles. The van der Waals surface area contributed by atoms with Crippen molar-refractivity contribution < 1.29 is 17.2 Å². The molecule has 132 valence electrons. The average molecular weight is 424 g/mol. The van der Waals surface area contributed by atoms with Gasteiger partial charge in [-0.15, -0.1) is 11.3 Å². The molecule has 0 unspecified atom stereocenters. The maximum atomic E-state index is 13.2. The Hall–Kier alpha value is -1.52. The first kappa shape index (κ1) is 18.3. The van der Waals surface area contributed by atoms with Crippen LogP contribution in [-0.4, -0.2) is 18.2 Å². The van der Waals surface area contributed by atoms with Crippen LogP contribution < -0.4 is 5.14 Å². The van der Waals surface area contributed by atoms with E-state index in [1.165, 1.54) is 24.3 Å². The van der Waals surface area contributed by atoms with Gasteiger partial charge in [0, 0.05) is 5.56 Å². The third-order valence-corrected chi connectivity index (χ3v) is 5.73. The third-order valence-electron chi connectivity index (χ3n) is 3.28. The van der Waals surface area contributed by atoms with E-state index in [1.807, 2.05) is 0 Å². The monoisotopic (exact) mass is 423 g/mol. The minimum absolute atomic E-state index is 0.0327. The second-order valence-corrected chi connectivity index (χ2v) is 8.73. The van der Waals surface area contributed by atoms with Gasteiger partial charge < -0.3 is 0 Å². The van der Waals surface area contributed by atoms with Crippen LogP contribution in [0.5, 0.6) is 0 Å². The zero-order chi connectivity index (χ0) is 18.4. The molecule has 0 fully saturated rings. The highest BCUT2D eigenvalue weighted by molar-refractivity contribution is 7.89. The summed E-state index contributed by atoms with van der Waals surface area (Å²) in [6.45, 7) is 0. The molecule has 25 heavy (non-hydrogen) atoms. The molecule has 3 rings (SSSR count). The maximum absolute atomic E-state index is 13.2. The van der Waals surface area contributed by atoms with Crippen molar-refractivity contribution in [2.75, 3.05) is 0 Å². The Morgan fingerprint density at radius 1 is 1.20 bits per heavy atom. The van der Waals surface area contributed by atoms with Gasteiger partial charge in [0.15, 0.2) is 0 Å². The summed E-state index contributed by atoms with van der Waals surface area (Å²) in [5.41, 5.74) is 0.0442. The van der Waals surface area contributed by atoms with Gasteiger partial charge in [-0.05, 0) is 24.3 Å². The second kappa shape index (κ2) is 6.65. The van der Waals surface area contributed by atoms with E-state index in [1.54, 1.807) is 6.07 Å². The first-order valence-electron chi connectivity index (χ1n) is 6.64. The zero-order valence-corrected chi connectivity index (χ0v) is 15.3. The van der Waals surface area contributed by atoms with Crippen LogP contribution in [0.2, 0.25) is 8.67 Å². The predicted octanol–water partition coefficient (Wildman–Crippen LogP) is 4.49. The number of rotatable bonds is 4. The fourth-order valence-corrected chi connectivity index (χ4v) is 4.46. The Labute approximate surface area is 155 Å². The van der Waals surface area contributed by atoms with Crippen LogP contribution in [0.15, 0.2) is 41.3 Å². The van der Waals surface area contributed by atoms with Crippen LogP contribution in [0.25, 0.3) is 16.9 Å². The molecule has 0 bridgehead atoms. The lowest BCUT2D eigenvalue weighted by atomic mass is 10.2. The average Bonchev–Trinajstić information content (AvgIpc) is 3.09. The third kappa shape index (κ3) is 3.56. The Kier molecular flexibility index (Phi) is 4.86. The molecule has 5 nitrogen and oxygen atoms in total. The van der Waals surface area contributed by atoms with E-state index in [9.17, 15) is 17.2 Å². The smallest absolute Gasteiger partial charge is 0.231 e. The summed E-state index contributed by atoms with van der Waals surface area (Å²) in [6.07, 6.45) is -2.85. The zero-order valence-electron chi connectivity index (χ0n) is 12.2. The Bertz CT molecular complexity index is 1050. The van der Waals surface area contributed by atoms with Gasteiger partial charge in [-0.2, -0.15) is 5.10 Å². The lowest BCUT2D eigenvalue weighted by molar-refractivity contribution is 0.145. The molecule has 2 aromatic heterocycles. The largest absolute Gasteiger partial charge is 0.282 e. The van der Waals surface area contributed by atoms with E-state index < -0.39 is 22.1 Å². The molecule has 0 spiro atoms. The predicted molar refractivity (Wildman–Crippen MR) is 93.2 cm³/mol. The molecule has 0 atom stereocenters. The Morgan fingerprint density at radius 2 is 1.88 bits per heavy atom. The van der Waals surface area contributed by atoms with Crippen LogP contribution in [0.4, 0.5) is 8.78 Å². The summed E-state index contributed by atoms with van der Waals surface area (Å²) in [6, 6.07) is 8.31. The number of aromatic nitrogens is 2. The number of nitrogens with zero attached hydrogens (tertiary/aromatic N) is 2. The van der Waals surface area contributed by atoms with E-state index >= 15 is 0 Å². The molecular formula is C14H9Cl2F2N3O2S2. The number of para-hydroxylation sites is 1. The van der Waals surface area contributed by atoms with E-state index in [-0.39, 0.29) is 20.6 Å². The Balaban J connectivity index is 2.33. The van der Waals surface area contributed by atoms with Gasteiger partial charge in [0.25, 0.3) is 6.43 Å². The highest BCUT2D eigenvalue weighted by atomic mass is 35.5. The first-order valence-corrected chi connectivity index (χ1v) is 9.76. The van der Waals surface area contributed by atoms with Crippen molar-refractivity contribution in [3.8, 4) is 16.9 Å². The summed E-state index contributed by atoms with van der Waals surface area (Å²) in [5.74, 6) is 0. The highest BCUT2D eigenvalue weighted by Crippen LogP contribution is 2.40. The number of hydrogen-bond donors (Lipinski definition) is 1. The summed E-state index contributed by atoms with van der Waals surface area (Å²) in [7, 11) is -4.10. The standard InChI is InChI=1S/C14H9Cl2F2N3O2S2/c15-12-5-7(13(16)24-12)10-6-8(14(17)18)20-21(10)9-3-1-2-4-11(9)25(19,22)23/h1-6,14H,(H2,19,22,23). The van der Waals surface area contributed by atoms with Gasteiger partial charge >= 0.3 is 0 Å². The van der Waals surface area contributed by atoms with Gasteiger partial charge in [-0.25, -0.2) is 27.0 Å². The van der Waals surface area contributed by atoms with Crippen molar-refractivity contribution in [1.29, 1.82) is 0 Å². The molecule has 2 N–H and O–H groups in total. The van der Waals surface area contributed by atoms with Gasteiger partial charge in [-0.3, -0.25) is 0 Å². The van der Waals surface area contributed by atoms with Crippen LogP contribution in [0.3, 0.4) is 0 Å². The molecular weight excluding hydrogens is 415 g/mol. The minimum atomic E-state index is -4.10. The van der Waals surface area contributed by atoms with E-state index in [0.717, 1.165) is 22.1 Å². The molecule has 0 radical (unpaired) electrons. The van der Waals surface area contributed by atoms with Crippen molar-refractivity contribution >= 4 is 44.6 Å². The second-order valence-electron chi connectivity index (χ2n) is 4.92. The van der Waals surface area contributed by atoms with Crippen molar-refractivity contribution in [2.45, 2.75) is 11.3 Å². The van der Waals surface area contributed by atoms with Crippen molar-refractivity contribution in [3.05, 3.63) is 50.8 Å². The van der Waals surface area contributed by atoms with Crippen molar-refractivity contribution in [1.82, 2.24) is 9.78 Å². The molecule has 11 heteroatoms. The normalized spacial score (nSPS) is 12.1. The first-order chi connectivity index (χ1) is 11.7. The number of alkyl halides is 2. The summed E-state index contributed by atoms with van der Waals surface area (Å²) in [4.78, 5) is -0.252. The molecule has 0 amide bonds. The van der Waals surface area contributed by atoms with Crippen molar-refractivity contribution in [3.63, 3.8) is 0 Å². The summed E-state index contributed by atoms with van der Waals surface area (Å²) in [5, 5.41) is 9.05. The lowest BCUT2D eigenvalue weighted by Crippen LogP contribution is -2.16.